The van der Waals surface area contributed by atoms with Crippen LogP contribution in [0.1, 0.15) is 54.9 Å². The van der Waals surface area contributed by atoms with Crippen LogP contribution in [0.5, 0.6) is 0 Å². The molecular formula is C15H28O4. The molecule has 1 aliphatic heterocycles. The largest absolute Gasteiger partial charge is 0.465 e. The van der Waals surface area contributed by atoms with E-state index in [0.29, 0.717) is 18.9 Å². The summed E-state index contributed by atoms with van der Waals surface area (Å²) in [6, 6.07) is 0. The van der Waals surface area contributed by atoms with Gasteiger partial charge in [-0.1, -0.05) is 13.8 Å². The molecule has 4 heteroatoms. The van der Waals surface area contributed by atoms with Crippen molar-refractivity contribution < 1.29 is 19.0 Å². The van der Waals surface area contributed by atoms with Gasteiger partial charge in [0.25, 0.3) is 0 Å². The van der Waals surface area contributed by atoms with Gasteiger partial charge in [-0.3, -0.25) is 4.79 Å². The summed E-state index contributed by atoms with van der Waals surface area (Å²) in [5.41, 5.74) is -0.795. The smallest absolute Gasteiger partial charge is 0.317 e. The van der Waals surface area contributed by atoms with E-state index in [0.717, 1.165) is 0 Å². The predicted molar refractivity (Wildman–Crippen MR) is 73.7 cm³/mol. The maximum absolute atomic E-state index is 12.4. The Kier molecular flexibility index (Phi) is 5.02. The minimum atomic E-state index is -0.928. The van der Waals surface area contributed by atoms with Crippen LogP contribution < -0.4 is 0 Å². The molecule has 19 heavy (non-hydrogen) atoms. The first kappa shape index (κ1) is 16.4. The van der Waals surface area contributed by atoms with E-state index >= 15 is 0 Å². The quantitative estimate of drug-likeness (QED) is 0.721. The fourth-order valence-electron chi connectivity index (χ4n) is 2.75. The normalized spacial score (nSPS) is 29.3. The summed E-state index contributed by atoms with van der Waals surface area (Å²) in [4.78, 5) is 12.4. The summed E-state index contributed by atoms with van der Waals surface area (Å²) < 4.78 is 17.2. The number of ether oxygens (including phenoxy) is 3. The van der Waals surface area contributed by atoms with E-state index in [-0.39, 0.29) is 18.2 Å². The van der Waals surface area contributed by atoms with Gasteiger partial charge >= 0.3 is 5.97 Å². The Balaban J connectivity index is 3.06. The molecule has 1 saturated heterocycles. The van der Waals surface area contributed by atoms with Crippen molar-refractivity contribution in [1.29, 1.82) is 0 Å². The number of hydrogen-bond donors (Lipinski definition) is 0. The molecular weight excluding hydrogens is 244 g/mol. The van der Waals surface area contributed by atoms with Gasteiger partial charge in [-0.15, -0.1) is 0 Å². The molecule has 1 aliphatic rings. The van der Waals surface area contributed by atoms with E-state index in [1.54, 1.807) is 0 Å². The molecule has 4 nitrogen and oxygen atoms in total. The molecule has 0 aliphatic carbocycles. The summed E-state index contributed by atoms with van der Waals surface area (Å²) in [6.07, 6.45) is 0.624. The zero-order valence-electron chi connectivity index (χ0n) is 13.3. The highest BCUT2D eigenvalue weighted by molar-refractivity contribution is 5.77. The van der Waals surface area contributed by atoms with Crippen LogP contribution in [0.2, 0.25) is 0 Å². The lowest BCUT2D eigenvalue weighted by atomic mass is 9.75. The number of hydrogen-bond acceptors (Lipinski definition) is 4. The minimum Gasteiger partial charge on any atom is -0.465 e. The first-order chi connectivity index (χ1) is 8.66. The SMILES string of the molecule is CCOC(=O)[C@@](C)(CC(C)C)C1(C)O[C@H](C)[C@@H](C)O1. The first-order valence-electron chi connectivity index (χ1n) is 7.19. The van der Waals surface area contributed by atoms with E-state index in [1.807, 2.05) is 34.6 Å². The monoisotopic (exact) mass is 272 g/mol. The van der Waals surface area contributed by atoms with Crippen LogP contribution in [-0.2, 0) is 19.0 Å². The fraction of sp³-hybridized carbons (Fsp3) is 0.933. The average Bonchev–Trinajstić information content (AvgIpc) is 2.53. The number of carbonyl (C=O) groups excluding carboxylic acids is 1. The molecule has 3 atom stereocenters. The highest BCUT2D eigenvalue weighted by Gasteiger charge is 2.58. The minimum absolute atomic E-state index is 0.0223. The van der Waals surface area contributed by atoms with Crippen molar-refractivity contribution in [2.45, 2.75) is 72.9 Å². The molecule has 1 rings (SSSR count). The maximum atomic E-state index is 12.4. The van der Waals surface area contributed by atoms with Crippen molar-refractivity contribution in [3.63, 3.8) is 0 Å². The van der Waals surface area contributed by atoms with Gasteiger partial charge in [0.2, 0.25) is 0 Å². The lowest BCUT2D eigenvalue weighted by Gasteiger charge is -2.41. The second-order valence-corrected chi connectivity index (χ2v) is 6.24. The first-order valence-corrected chi connectivity index (χ1v) is 7.19. The van der Waals surface area contributed by atoms with Crippen LogP contribution in [0.4, 0.5) is 0 Å². The standard InChI is InChI=1S/C15H28O4/c1-8-17-13(16)14(6,9-10(2)3)15(7)18-11(4)12(5)19-15/h10-12H,8-9H2,1-7H3/t11-,12-,14-/m1/s1. The van der Waals surface area contributed by atoms with Crippen molar-refractivity contribution >= 4 is 5.97 Å². The van der Waals surface area contributed by atoms with Crippen LogP contribution in [0.3, 0.4) is 0 Å². The third-order valence-corrected chi connectivity index (χ3v) is 4.03. The van der Waals surface area contributed by atoms with Gasteiger partial charge in [-0.05, 0) is 47.0 Å². The molecule has 0 aromatic rings. The number of esters is 1. The van der Waals surface area contributed by atoms with Crippen LogP contribution in [0, 0.1) is 11.3 Å². The van der Waals surface area contributed by atoms with Gasteiger partial charge in [0.1, 0.15) is 5.41 Å². The average molecular weight is 272 g/mol. The second kappa shape index (κ2) is 5.80. The van der Waals surface area contributed by atoms with Crippen molar-refractivity contribution in [2.75, 3.05) is 6.61 Å². The Morgan fingerprint density at radius 1 is 1.32 bits per heavy atom. The van der Waals surface area contributed by atoms with E-state index in [2.05, 4.69) is 13.8 Å². The zero-order chi connectivity index (χ0) is 14.8. The summed E-state index contributed by atoms with van der Waals surface area (Å²) in [5.74, 6) is -0.820. The van der Waals surface area contributed by atoms with Gasteiger partial charge < -0.3 is 14.2 Å². The highest BCUT2D eigenvalue weighted by atomic mass is 16.8. The summed E-state index contributed by atoms with van der Waals surface area (Å²) in [5, 5.41) is 0. The van der Waals surface area contributed by atoms with E-state index in [9.17, 15) is 4.79 Å². The molecule has 0 aromatic heterocycles. The molecule has 0 aromatic carbocycles. The van der Waals surface area contributed by atoms with E-state index < -0.39 is 11.2 Å². The Morgan fingerprint density at radius 3 is 2.16 bits per heavy atom. The maximum Gasteiger partial charge on any atom is 0.317 e. The Bertz CT molecular complexity index is 316. The topological polar surface area (TPSA) is 44.8 Å². The Morgan fingerprint density at radius 2 is 1.79 bits per heavy atom. The molecule has 0 bridgehead atoms. The lowest BCUT2D eigenvalue weighted by Crippen LogP contribution is -2.52. The molecule has 0 radical (unpaired) electrons. The molecule has 1 fully saturated rings. The third-order valence-electron chi connectivity index (χ3n) is 4.03. The van der Waals surface area contributed by atoms with Crippen molar-refractivity contribution in [2.24, 2.45) is 11.3 Å². The summed E-state index contributed by atoms with van der Waals surface area (Å²) >= 11 is 0. The van der Waals surface area contributed by atoms with E-state index in [4.69, 9.17) is 14.2 Å². The molecule has 0 saturated carbocycles. The summed E-state index contributed by atoms with van der Waals surface area (Å²) in [7, 11) is 0. The van der Waals surface area contributed by atoms with Crippen LogP contribution in [0.15, 0.2) is 0 Å². The van der Waals surface area contributed by atoms with Crippen LogP contribution in [-0.4, -0.2) is 30.6 Å². The summed E-state index contributed by atoms with van der Waals surface area (Å²) in [6.45, 7) is 14.0. The predicted octanol–water partition coefficient (Wildman–Crippen LogP) is 3.14. The van der Waals surface area contributed by atoms with Crippen LogP contribution in [0.25, 0.3) is 0 Å². The Hall–Kier alpha value is -0.610. The van der Waals surface area contributed by atoms with Gasteiger partial charge in [0, 0.05) is 0 Å². The van der Waals surface area contributed by atoms with Gasteiger partial charge in [-0.2, -0.15) is 0 Å². The van der Waals surface area contributed by atoms with Gasteiger partial charge in [-0.25, -0.2) is 0 Å². The number of carbonyl (C=O) groups is 1. The fourth-order valence-corrected chi connectivity index (χ4v) is 2.75. The van der Waals surface area contributed by atoms with Crippen LogP contribution >= 0.6 is 0 Å². The second-order valence-electron chi connectivity index (χ2n) is 6.24. The molecule has 1 heterocycles. The molecule has 0 spiro atoms. The zero-order valence-corrected chi connectivity index (χ0v) is 13.3. The van der Waals surface area contributed by atoms with Crippen molar-refractivity contribution in [3.05, 3.63) is 0 Å². The third kappa shape index (κ3) is 3.11. The molecule has 112 valence electrons. The van der Waals surface area contributed by atoms with Gasteiger partial charge in [0.15, 0.2) is 5.79 Å². The molecule has 0 unspecified atom stereocenters. The van der Waals surface area contributed by atoms with E-state index in [1.165, 1.54) is 0 Å². The molecule has 0 N–H and O–H groups in total. The van der Waals surface area contributed by atoms with Gasteiger partial charge in [0.05, 0.1) is 18.8 Å². The molecule has 0 amide bonds. The van der Waals surface area contributed by atoms with Crippen molar-refractivity contribution in [3.8, 4) is 0 Å². The lowest BCUT2D eigenvalue weighted by molar-refractivity contribution is -0.243. The van der Waals surface area contributed by atoms with Crippen molar-refractivity contribution in [1.82, 2.24) is 0 Å². The highest BCUT2D eigenvalue weighted by Crippen LogP contribution is 2.47. The Labute approximate surface area is 116 Å². The number of rotatable bonds is 5.